The maximum Gasteiger partial charge on any atom is 0.255 e. The molecule has 29 heavy (non-hydrogen) atoms. The highest BCUT2D eigenvalue weighted by Gasteiger charge is 2.17. The van der Waals surface area contributed by atoms with Gasteiger partial charge in [-0.05, 0) is 36.4 Å². The van der Waals surface area contributed by atoms with Crippen molar-refractivity contribution in [1.29, 1.82) is 0 Å². The van der Waals surface area contributed by atoms with E-state index in [-0.39, 0.29) is 24.8 Å². The molecule has 0 spiro atoms. The van der Waals surface area contributed by atoms with Gasteiger partial charge in [-0.1, -0.05) is 12.1 Å². The summed E-state index contributed by atoms with van der Waals surface area (Å²) >= 11 is 0. The van der Waals surface area contributed by atoms with Crippen molar-refractivity contribution in [3.8, 4) is 5.75 Å². The SMILES string of the molecule is COc1ccccc1C(=O)NCCC(=O)Nc1ccc(N2CC[NH+](C)CC2)cc1. The van der Waals surface area contributed by atoms with Gasteiger partial charge in [-0.3, -0.25) is 9.59 Å². The number of anilines is 2. The molecular weight excluding hydrogens is 368 g/mol. The first kappa shape index (κ1) is 20.7. The lowest BCUT2D eigenvalue weighted by Gasteiger charge is -2.31. The molecule has 3 N–H and O–H groups in total. The summed E-state index contributed by atoms with van der Waals surface area (Å²) in [5.41, 5.74) is 2.39. The van der Waals surface area contributed by atoms with Crippen LogP contribution in [0.3, 0.4) is 0 Å². The lowest BCUT2D eigenvalue weighted by molar-refractivity contribution is -0.880. The minimum Gasteiger partial charge on any atom is -0.496 e. The maximum absolute atomic E-state index is 12.2. The van der Waals surface area contributed by atoms with E-state index < -0.39 is 0 Å². The summed E-state index contributed by atoms with van der Waals surface area (Å²) in [7, 11) is 3.74. The van der Waals surface area contributed by atoms with Gasteiger partial charge in [0.2, 0.25) is 5.91 Å². The van der Waals surface area contributed by atoms with Gasteiger partial charge >= 0.3 is 0 Å². The highest BCUT2D eigenvalue weighted by atomic mass is 16.5. The van der Waals surface area contributed by atoms with Crippen molar-refractivity contribution in [3.05, 3.63) is 54.1 Å². The first-order chi connectivity index (χ1) is 14.1. The number of carbonyl (C=O) groups excluding carboxylic acids is 2. The third-order valence-electron chi connectivity index (χ3n) is 5.12. The Bertz CT molecular complexity index is 830. The summed E-state index contributed by atoms with van der Waals surface area (Å²) in [5.74, 6) is 0.117. The zero-order chi connectivity index (χ0) is 20.6. The molecule has 7 heteroatoms. The molecular formula is C22H29N4O3+. The van der Waals surface area contributed by atoms with E-state index in [1.54, 1.807) is 29.2 Å². The summed E-state index contributed by atoms with van der Waals surface area (Å²) in [6, 6.07) is 14.9. The Hall–Kier alpha value is -3.06. The Kier molecular flexibility index (Phi) is 7.08. The molecule has 0 atom stereocenters. The molecule has 2 amide bonds. The van der Waals surface area contributed by atoms with Gasteiger partial charge in [0.15, 0.2) is 0 Å². The van der Waals surface area contributed by atoms with Gasteiger partial charge in [-0.15, -0.1) is 0 Å². The number of para-hydroxylation sites is 1. The summed E-state index contributed by atoms with van der Waals surface area (Å²) in [5, 5.41) is 5.64. The van der Waals surface area contributed by atoms with Crippen LogP contribution in [0, 0.1) is 0 Å². The van der Waals surface area contributed by atoms with Gasteiger partial charge < -0.3 is 25.2 Å². The molecule has 0 aromatic heterocycles. The Balaban J connectivity index is 1.44. The third kappa shape index (κ3) is 5.71. The van der Waals surface area contributed by atoms with Crippen LogP contribution < -0.4 is 25.2 Å². The van der Waals surface area contributed by atoms with Crippen LogP contribution in [0.5, 0.6) is 5.75 Å². The van der Waals surface area contributed by atoms with Gasteiger partial charge in [0.25, 0.3) is 5.91 Å². The third-order valence-corrected chi connectivity index (χ3v) is 5.12. The first-order valence-corrected chi connectivity index (χ1v) is 9.94. The second-order valence-electron chi connectivity index (χ2n) is 7.25. The van der Waals surface area contributed by atoms with E-state index in [2.05, 4.69) is 22.6 Å². The van der Waals surface area contributed by atoms with Crippen molar-refractivity contribution in [2.75, 3.05) is 57.1 Å². The molecule has 1 saturated heterocycles. The van der Waals surface area contributed by atoms with Gasteiger partial charge in [-0.2, -0.15) is 0 Å². The van der Waals surface area contributed by atoms with E-state index in [4.69, 9.17) is 4.74 Å². The second-order valence-corrected chi connectivity index (χ2v) is 7.25. The van der Waals surface area contributed by atoms with Crippen molar-refractivity contribution in [3.63, 3.8) is 0 Å². The van der Waals surface area contributed by atoms with E-state index >= 15 is 0 Å². The number of hydrogen-bond donors (Lipinski definition) is 3. The summed E-state index contributed by atoms with van der Waals surface area (Å²) in [6.45, 7) is 4.62. The second kappa shape index (κ2) is 9.93. The highest BCUT2D eigenvalue weighted by Crippen LogP contribution is 2.18. The normalized spacial score (nSPS) is 14.3. The smallest absolute Gasteiger partial charge is 0.255 e. The number of hydrogen-bond acceptors (Lipinski definition) is 4. The predicted octanol–water partition coefficient (Wildman–Crippen LogP) is 0.789. The lowest BCUT2D eigenvalue weighted by atomic mass is 10.2. The van der Waals surface area contributed by atoms with Crippen LogP contribution in [0.1, 0.15) is 16.8 Å². The largest absolute Gasteiger partial charge is 0.496 e. The Morgan fingerprint density at radius 2 is 1.76 bits per heavy atom. The number of carbonyl (C=O) groups is 2. The first-order valence-electron chi connectivity index (χ1n) is 9.94. The lowest BCUT2D eigenvalue weighted by Crippen LogP contribution is -3.12. The van der Waals surface area contributed by atoms with Crippen molar-refractivity contribution < 1.29 is 19.2 Å². The average Bonchev–Trinajstić information content (AvgIpc) is 2.75. The van der Waals surface area contributed by atoms with Crippen LogP contribution in [0.15, 0.2) is 48.5 Å². The number of nitrogens with zero attached hydrogens (tertiary/aromatic N) is 1. The number of methoxy groups -OCH3 is 1. The van der Waals surface area contributed by atoms with E-state index in [0.29, 0.717) is 11.3 Å². The monoisotopic (exact) mass is 397 g/mol. The molecule has 2 aromatic rings. The number of quaternary nitrogens is 1. The molecule has 7 nitrogen and oxygen atoms in total. The van der Waals surface area contributed by atoms with Crippen LogP contribution in [0.25, 0.3) is 0 Å². The van der Waals surface area contributed by atoms with Gasteiger partial charge in [0.05, 0.1) is 45.9 Å². The van der Waals surface area contributed by atoms with Crippen molar-refractivity contribution in [2.45, 2.75) is 6.42 Å². The van der Waals surface area contributed by atoms with Crippen LogP contribution in [0.4, 0.5) is 11.4 Å². The molecule has 0 radical (unpaired) electrons. The number of rotatable bonds is 7. The highest BCUT2D eigenvalue weighted by molar-refractivity contribution is 5.97. The topological polar surface area (TPSA) is 75.1 Å². The molecule has 1 fully saturated rings. The van der Waals surface area contributed by atoms with E-state index in [9.17, 15) is 9.59 Å². The van der Waals surface area contributed by atoms with Crippen LogP contribution in [-0.4, -0.2) is 58.7 Å². The summed E-state index contributed by atoms with van der Waals surface area (Å²) in [6.07, 6.45) is 0.198. The number of ether oxygens (including phenoxy) is 1. The molecule has 3 rings (SSSR count). The van der Waals surface area contributed by atoms with Crippen LogP contribution in [-0.2, 0) is 4.79 Å². The molecule has 0 saturated carbocycles. The maximum atomic E-state index is 12.2. The molecule has 1 heterocycles. The fourth-order valence-corrected chi connectivity index (χ4v) is 3.34. The van der Waals surface area contributed by atoms with Crippen molar-refractivity contribution in [1.82, 2.24) is 5.32 Å². The standard InChI is InChI=1S/C22H28N4O3/c1-25-13-15-26(16-14-25)18-9-7-17(8-10-18)24-21(27)11-12-23-22(28)19-5-3-4-6-20(19)29-2/h3-10H,11-16H2,1-2H3,(H,23,28)(H,24,27)/p+1. The van der Waals surface area contributed by atoms with Crippen LogP contribution >= 0.6 is 0 Å². The number of likely N-dealkylation sites (N-methyl/N-ethyl adjacent to an activating group) is 1. The zero-order valence-electron chi connectivity index (χ0n) is 17.0. The van der Waals surface area contributed by atoms with Gasteiger partial charge in [-0.25, -0.2) is 0 Å². The Morgan fingerprint density at radius 3 is 2.45 bits per heavy atom. The van der Waals surface area contributed by atoms with E-state index in [0.717, 1.165) is 31.9 Å². The molecule has 0 aliphatic carbocycles. The molecule has 0 bridgehead atoms. The molecule has 1 aliphatic rings. The Labute approximate surface area is 171 Å². The fourth-order valence-electron chi connectivity index (χ4n) is 3.34. The predicted molar refractivity (Wildman–Crippen MR) is 114 cm³/mol. The minimum absolute atomic E-state index is 0.138. The number of nitrogens with one attached hydrogen (secondary N) is 3. The minimum atomic E-state index is -0.256. The molecule has 2 aromatic carbocycles. The van der Waals surface area contributed by atoms with Gasteiger partial charge in [0.1, 0.15) is 5.75 Å². The average molecular weight is 397 g/mol. The summed E-state index contributed by atoms with van der Waals surface area (Å²) < 4.78 is 5.19. The summed E-state index contributed by atoms with van der Waals surface area (Å²) in [4.78, 5) is 28.3. The van der Waals surface area contributed by atoms with Crippen molar-refractivity contribution >= 4 is 23.2 Å². The fraction of sp³-hybridized carbons (Fsp3) is 0.364. The quantitative estimate of drug-likeness (QED) is 0.646. The van der Waals surface area contributed by atoms with Gasteiger partial charge in [0, 0.05) is 24.3 Å². The van der Waals surface area contributed by atoms with E-state index in [1.165, 1.54) is 12.8 Å². The molecule has 0 unspecified atom stereocenters. The molecule has 154 valence electrons. The van der Waals surface area contributed by atoms with E-state index in [1.807, 2.05) is 24.3 Å². The Morgan fingerprint density at radius 1 is 1.07 bits per heavy atom. The van der Waals surface area contributed by atoms with Crippen molar-refractivity contribution in [2.24, 2.45) is 0 Å². The molecule has 1 aliphatic heterocycles. The zero-order valence-corrected chi connectivity index (χ0v) is 17.0. The number of piperazine rings is 1. The number of amides is 2. The van der Waals surface area contributed by atoms with Crippen LogP contribution in [0.2, 0.25) is 0 Å². The number of benzene rings is 2.